The summed E-state index contributed by atoms with van der Waals surface area (Å²) in [6.07, 6.45) is 1.62. The fraction of sp³-hybridized carbons (Fsp3) is 0.538. The molecule has 1 rings (SSSR count). The second-order valence-electron chi connectivity index (χ2n) is 4.95. The van der Waals surface area contributed by atoms with Crippen molar-refractivity contribution in [2.24, 2.45) is 0 Å². The number of hydrogen-bond donors (Lipinski definition) is 1. The predicted octanol–water partition coefficient (Wildman–Crippen LogP) is 1.62. The van der Waals surface area contributed by atoms with E-state index in [0.29, 0.717) is 12.2 Å². The van der Waals surface area contributed by atoms with Crippen LogP contribution in [-0.4, -0.2) is 49.1 Å². The summed E-state index contributed by atoms with van der Waals surface area (Å²) in [6.45, 7) is 4.64. The maximum atomic E-state index is 11.8. The van der Waals surface area contributed by atoms with Gasteiger partial charge in [0.25, 0.3) is 5.91 Å². The number of nitrogens with one attached hydrogen (secondary N) is 1. The quantitative estimate of drug-likeness (QED) is 0.864. The van der Waals surface area contributed by atoms with E-state index in [-0.39, 0.29) is 11.5 Å². The van der Waals surface area contributed by atoms with Gasteiger partial charge in [0, 0.05) is 39.6 Å². The van der Waals surface area contributed by atoms with Crippen LogP contribution in [0.3, 0.4) is 0 Å². The molecule has 5 heteroatoms. The summed E-state index contributed by atoms with van der Waals surface area (Å²) in [5.41, 5.74) is 1.04. The maximum Gasteiger partial charge on any atom is 0.272 e. The number of carbonyl (C=O) groups excluding carboxylic acids is 1. The Morgan fingerprint density at radius 1 is 1.50 bits per heavy atom. The van der Waals surface area contributed by atoms with Crippen molar-refractivity contribution in [2.75, 3.05) is 33.1 Å². The van der Waals surface area contributed by atoms with Gasteiger partial charge in [-0.25, -0.2) is 0 Å². The van der Waals surface area contributed by atoms with Crippen LogP contribution >= 0.6 is 0 Å². The van der Waals surface area contributed by atoms with E-state index in [9.17, 15) is 4.79 Å². The lowest BCUT2D eigenvalue weighted by Gasteiger charge is -2.23. The number of hydrogen-bond acceptors (Lipinski definition) is 4. The number of methoxy groups -OCH3 is 1. The normalized spacial score (nSPS) is 11.2. The molecule has 0 bridgehead atoms. The van der Waals surface area contributed by atoms with Crippen molar-refractivity contribution >= 4 is 11.6 Å². The van der Waals surface area contributed by atoms with E-state index >= 15 is 0 Å². The van der Waals surface area contributed by atoms with Crippen LogP contribution in [-0.2, 0) is 4.74 Å². The van der Waals surface area contributed by atoms with Gasteiger partial charge in [-0.05, 0) is 26.0 Å². The Labute approximate surface area is 108 Å². The summed E-state index contributed by atoms with van der Waals surface area (Å²) in [4.78, 5) is 17.3. The average molecular weight is 251 g/mol. The first kappa shape index (κ1) is 14.4. The van der Waals surface area contributed by atoms with E-state index in [1.807, 2.05) is 19.9 Å². The van der Waals surface area contributed by atoms with Gasteiger partial charge in [-0.15, -0.1) is 0 Å². The Morgan fingerprint density at radius 2 is 2.17 bits per heavy atom. The average Bonchev–Trinajstić information content (AvgIpc) is 2.36. The molecular weight excluding hydrogens is 230 g/mol. The highest BCUT2D eigenvalue weighted by Gasteiger charge is 2.16. The molecule has 1 aromatic heterocycles. The summed E-state index contributed by atoms with van der Waals surface area (Å²) >= 11 is 0. The van der Waals surface area contributed by atoms with E-state index in [4.69, 9.17) is 4.74 Å². The molecule has 0 aliphatic carbocycles. The first-order chi connectivity index (χ1) is 8.35. The zero-order valence-corrected chi connectivity index (χ0v) is 11.7. The monoisotopic (exact) mass is 251 g/mol. The lowest BCUT2D eigenvalue weighted by Crippen LogP contribution is -2.32. The zero-order valence-electron chi connectivity index (χ0n) is 11.7. The summed E-state index contributed by atoms with van der Waals surface area (Å²) in [6, 6.07) is 3.58. The van der Waals surface area contributed by atoms with Gasteiger partial charge in [0.1, 0.15) is 5.69 Å². The van der Waals surface area contributed by atoms with Crippen molar-refractivity contribution in [3.8, 4) is 0 Å². The van der Waals surface area contributed by atoms with Crippen LogP contribution in [0.5, 0.6) is 0 Å². The Bertz CT molecular complexity index is 416. The molecule has 0 aliphatic heterocycles. The molecule has 0 radical (unpaired) electrons. The van der Waals surface area contributed by atoms with E-state index in [1.165, 1.54) is 4.90 Å². The Morgan fingerprint density at radius 3 is 2.72 bits per heavy atom. The molecule has 0 spiro atoms. The second-order valence-corrected chi connectivity index (χ2v) is 4.95. The Balaban J connectivity index is 2.74. The zero-order chi connectivity index (χ0) is 13.8. The number of ether oxygens (including phenoxy) is 1. The molecule has 0 atom stereocenters. The van der Waals surface area contributed by atoms with E-state index in [0.717, 1.165) is 5.69 Å². The fourth-order valence-electron chi connectivity index (χ4n) is 1.27. The number of amides is 1. The van der Waals surface area contributed by atoms with Crippen LogP contribution < -0.4 is 5.32 Å². The Hall–Kier alpha value is -1.62. The highest BCUT2D eigenvalue weighted by Crippen LogP contribution is 2.13. The number of rotatable bonds is 5. The predicted molar refractivity (Wildman–Crippen MR) is 71.8 cm³/mol. The molecule has 0 aliphatic rings. The molecule has 5 nitrogen and oxygen atoms in total. The molecular formula is C13H21N3O2. The minimum atomic E-state index is -0.255. The third-order valence-electron chi connectivity index (χ3n) is 2.66. The van der Waals surface area contributed by atoms with Gasteiger partial charge < -0.3 is 15.0 Å². The van der Waals surface area contributed by atoms with E-state index < -0.39 is 0 Å². The topological polar surface area (TPSA) is 54.5 Å². The van der Waals surface area contributed by atoms with Crippen LogP contribution in [0.15, 0.2) is 18.3 Å². The van der Waals surface area contributed by atoms with Crippen LogP contribution in [0.2, 0.25) is 0 Å². The standard InChI is InChI=1S/C13H21N3O2/c1-13(2,18-5)9-15-10-6-7-14-11(8-10)12(17)16(3)4/h6-8H,9H2,1-5H3,(H,14,15). The number of nitrogens with zero attached hydrogens (tertiary/aromatic N) is 2. The number of anilines is 1. The van der Waals surface area contributed by atoms with Crippen molar-refractivity contribution in [3.63, 3.8) is 0 Å². The molecule has 0 fully saturated rings. The SMILES string of the molecule is COC(C)(C)CNc1ccnc(C(=O)N(C)C)c1. The van der Waals surface area contributed by atoms with Crippen LogP contribution in [0, 0.1) is 0 Å². The van der Waals surface area contributed by atoms with Crippen molar-refractivity contribution in [1.29, 1.82) is 0 Å². The van der Waals surface area contributed by atoms with Gasteiger partial charge in [-0.3, -0.25) is 9.78 Å². The van der Waals surface area contributed by atoms with Crippen molar-refractivity contribution in [2.45, 2.75) is 19.4 Å². The lowest BCUT2D eigenvalue weighted by molar-refractivity contribution is 0.0344. The molecule has 0 unspecified atom stereocenters. The smallest absolute Gasteiger partial charge is 0.272 e. The largest absolute Gasteiger partial charge is 0.382 e. The molecule has 1 N–H and O–H groups in total. The van der Waals surface area contributed by atoms with Gasteiger partial charge >= 0.3 is 0 Å². The summed E-state index contributed by atoms with van der Waals surface area (Å²) in [5, 5.41) is 3.23. The maximum absolute atomic E-state index is 11.8. The van der Waals surface area contributed by atoms with Crippen LogP contribution in [0.4, 0.5) is 5.69 Å². The van der Waals surface area contributed by atoms with E-state index in [1.54, 1.807) is 33.5 Å². The third-order valence-corrected chi connectivity index (χ3v) is 2.66. The molecule has 0 saturated heterocycles. The van der Waals surface area contributed by atoms with Gasteiger partial charge in [-0.1, -0.05) is 0 Å². The molecule has 100 valence electrons. The van der Waals surface area contributed by atoms with Crippen molar-refractivity contribution in [3.05, 3.63) is 24.0 Å². The number of pyridine rings is 1. The summed E-state index contributed by atoms with van der Waals surface area (Å²) in [5.74, 6) is -0.107. The van der Waals surface area contributed by atoms with Gasteiger partial charge in [-0.2, -0.15) is 0 Å². The molecule has 1 aromatic rings. The molecule has 0 saturated carbocycles. The molecule has 1 heterocycles. The number of aromatic nitrogens is 1. The Kier molecular flexibility index (Phi) is 4.67. The van der Waals surface area contributed by atoms with Gasteiger partial charge in [0.2, 0.25) is 0 Å². The van der Waals surface area contributed by atoms with Crippen molar-refractivity contribution < 1.29 is 9.53 Å². The molecule has 1 amide bonds. The summed E-state index contributed by atoms with van der Waals surface area (Å²) in [7, 11) is 5.09. The van der Waals surface area contributed by atoms with Gasteiger partial charge in [0.05, 0.1) is 5.60 Å². The second kappa shape index (κ2) is 5.82. The van der Waals surface area contributed by atoms with Crippen LogP contribution in [0.1, 0.15) is 24.3 Å². The van der Waals surface area contributed by atoms with Crippen molar-refractivity contribution in [1.82, 2.24) is 9.88 Å². The minimum Gasteiger partial charge on any atom is -0.382 e. The first-order valence-electron chi connectivity index (χ1n) is 5.82. The van der Waals surface area contributed by atoms with E-state index in [2.05, 4.69) is 10.3 Å². The van der Waals surface area contributed by atoms with Crippen LogP contribution in [0.25, 0.3) is 0 Å². The van der Waals surface area contributed by atoms with Gasteiger partial charge in [0.15, 0.2) is 0 Å². The number of carbonyl (C=O) groups is 1. The minimum absolute atomic E-state index is 0.107. The third kappa shape index (κ3) is 4.00. The lowest BCUT2D eigenvalue weighted by atomic mass is 10.1. The highest BCUT2D eigenvalue weighted by molar-refractivity contribution is 5.92. The fourth-order valence-corrected chi connectivity index (χ4v) is 1.27. The highest BCUT2D eigenvalue weighted by atomic mass is 16.5. The first-order valence-corrected chi connectivity index (χ1v) is 5.82. The molecule has 18 heavy (non-hydrogen) atoms. The molecule has 0 aromatic carbocycles. The summed E-state index contributed by atoms with van der Waals surface area (Å²) < 4.78 is 5.32.